The highest BCUT2D eigenvalue weighted by Crippen LogP contribution is 2.32. The normalized spacial score (nSPS) is 18.9. The van der Waals surface area contributed by atoms with Crippen molar-refractivity contribution in [3.05, 3.63) is 82.5 Å². The highest BCUT2D eigenvalue weighted by molar-refractivity contribution is 6.05. The number of fused-ring (bicyclic) bond motifs is 1. The average Bonchev–Trinajstić information content (AvgIpc) is 3.80. The largest absolute Gasteiger partial charge is 0.364 e. The van der Waals surface area contributed by atoms with Crippen molar-refractivity contribution in [2.75, 3.05) is 0 Å². The van der Waals surface area contributed by atoms with Gasteiger partial charge in [-0.1, -0.05) is 30.1 Å². The number of aryl methyl sites for hydroxylation is 2. The molecule has 0 radical (unpaired) electrons. The highest BCUT2D eigenvalue weighted by Gasteiger charge is 2.40. The molecule has 2 atom stereocenters. The van der Waals surface area contributed by atoms with Gasteiger partial charge in [-0.15, -0.1) is 0 Å². The molecule has 5 amide bonds. The van der Waals surface area contributed by atoms with Gasteiger partial charge in [-0.3, -0.25) is 34.3 Å². The second kappa shape index (κ2) is 13.0. The summed E-state index contributed by atoms with van der Waals surface area (Å²) in [5, 5.41) is 9.25. The van der Waals surface area contributed by atoms with Crippen LogP contribution in [0.3, 0.4) is 0 Å². The van der Waals surface area contributed by atoms with Crippen LogP contribution in [-0.2, 0) is 38.7 Å². The Bertz CT molecular complexity index is 1620. The molecular weight excluding hydrogens is 576 g/mol. The third-order valence-electron chi connectivity index (χ3n) is 9.00. The molecule has 2 aliphatic heterocycles. The predicted octanol–water partition coefficient (Wildman–Crippen LogP) is 2.90. The number of carbonyl (C=O) groups excluding carboxylic acids is 5. The van der Waals surface area contributed by atoms with Gasteiger partial charge in [0.2, 0.25) is 23.6 Å². The fourth-order valence-corrected chi connectivity index (χ4v) is 6.56. The van der Waals surface area contributed by atoms with Crippen molar-refractivity contribution in [1.29, 1.82) is 0 Å². The second-order valence-corrected chi connectivity index (χ2v) is 12.1. The molecule has 1 saturated heterocycles. The van der Waals surface area contributed by atoms with Crippen molar-refractivity contribution in [2.45, 2.75) is 89.5 Å². The number of piperidine rings is 1. The number of carbonyl (C=O) groups is 5. The van der Waals surface area contributed by atoms with Gasteiger partial charge in [-0.2, -0.15) is 0 Å². The fraction of sp³-hybridized carbons (Fsp3) is 0.424. The Morgan fingerprint density at radius 1 is 1.11 bits per heavy atom. The van der Waals surface area contributed by atoms with Crippen molar-refractivity contribution < 1.29 is 28.5 Å². The number of pyridine rings is 1. The van der Waals surface area contributed by atoms with E-state index < -0.39 is 18.0 Å². The second-order valence-electron chi connectivity index (χ2n) is 12.1. The first-order valence-corrected chi connectivity index (χ1v) is 15.4. The Morgan fingerprint density at radius 2 is 1.93 bits per heavy atom. The molecule has 12 heteroatoms. The minimum atomic E-state index is -0.924. The number of nitrogens with zero attached hydrogens (tertiary/aromatic N) is 4. The molecule has 0 spiro atoms. The van der Waals surface area contributed by atoms with E-state index in [2.05, 4.69) is 20.8 Å². The Balaban J connectivity index is 1.31. The molecule has 3 aromatic rings. The first kappa shape index (κ1) is 30.2. The summed E-state index contributed by atoms with van der Waals surface area (Å²) in [5.41, 5.74) is 4.12. The fourth-order valence-electron chi connectivity index (χ4n) is 6.56. The summed E-state index contributed by atoms with van der Waals surface area (Å²) in [6, 6.07) is 5.61. The van der Waals surface area contributed by atoms with Gasteiger partial charge in [-0.05, 0) is 67.0 Å². The summed E-state index contributed by atoms with van der Waals surface area (Å²) in [6.07, 6.45) is 11.2. The van der Waals surface area contributed by atoms with E-state index in [9.17, 15) is 24.0 Å². The number of nitrogens with one attached hydrogen (secondary N) is 2. The predicted molar refractivity (Wildman–Crippen MR) is 160 cm³/mol. The molecule has 0 bridgehead atoms. The van der Waals surface area contributed by atoms with Crippen molar-refractivity contribution in [2.24, 2.45) is 0 Å². The van der Waals surface area contributed by atoms with Crippen LogP contribution in [0.15, 0.2) is 53.6 Å². The Labute approximate surface area is 260 Å². The van der Waals surface area contributed by atoms with E-state index in [1.807, 2.05) is 19.1 Å². The number of hydrogen-bond donors (Lipinski definition) is 2. The third kappa shape index (κ3) is 6.50. The summed E-state index contributed by atoms with van der Waals surface area (Å²) in [4.78, 5) is 73.1. The van der Waals surface area contributed by atoms with E-state index in [0.29, 0.717) is 23.1 Å². The van der Waals surface area contributed by atoms with Gasteiger partial charge < -0.3 is 19.6 Å². The number of benzene rings is 1. The molecule has 234 valence electrons. The smallest absolute Gasteiger partial charge is 0.255 e. The van der Waals surface area contributed by atoms with Gasteiger partial charge in [0.25, 0.3) is 5.91 Å². The van der Waals surface area contributed by atoms with Crippen LogP contribution in [0.1, 0.15) is 89.2 Å². The summed E-state index contributed by atoms with van der Waals surface area (Å²) in [7, 11) is 0. The maximum absolute atomic E-state index is 14.1. The Hall–Kier alpha value is -4.87. The molecule has 2 fully saturated rings. The standard InChI is InChI=1S/C33H36N6O6/c1-20-15-34-13-12-25(20)30(32(43)36-24-4-2-3-5-24)39(29(41)11-7-22-16-35-45-19-22)17-21-6-8-23-18-38(33(44)26(23)14-21)27-9-10-28(40)37-31(27)42/h6,8,12-16,19,24,27,30H,2-5,7,9-11,17-18H2,1H3,(H,36,43)(H,37,40,42). The van der Waals surface area contributed by atoms with Crippen LogP contribution in [-0.4, -0.2) is 61.6 Å². The maximum Gasteiger partial charge on any atom is 0.255 e. The number of imide groups is 1. The zero-order valence-corrected chi connectivity index (χ0v) is 25.2. The van der Waals surface area contributed by atoms with Crippen molar-refractivity contribution >= 4 is 29.5 Å². The van der Waals surface area contributed by atoms with E-state index in [1.165, 1.54) is 11.2 Å². The summed E-state index contributed by atoms with van der Waals surface area (Å²) >= 11 is 0. The van der Waals surface area contributed by atoms with Crippen LogP contribution < -0.4 is 10.6 Å². The van der Waals surface area contributed by atoms with Gasteiger partial charge in [0.1, 0.15) is 18.3 Å². The molecule has 6 rings (SSSR count). The van der Waals surface area contributed by atoms with E-state index in [4.69, 9.17) is 4.52 Å². The van der Waals surface area contributed by atoms with Crippen molar-refractivity contribution in [3.8, 4) is 0 Å². The van der Waals surface area contributed by atoms with Crippen LogP contribution in [0, 0.1) is 6.92 Å². The maximum atomic E-state index is 14.1. The first-order chi connectivity index (χ1) is 21.8. The SMILES string of the molecule is Cc1cnccc1C(C(=O)NC1CCCC1)N(Cc1ccc2c(c1)C(=O)N(C1CCC(=O)NC1=O)C2)C(=O)CCc1cnoc1. The average molecular weight is 613 g/mol. The lowest BCUT2D eigenvalue weighted by atomic mass is 9.98. The zero-order chi connectivity index (χ0) is 31.5. The van der Waals surface area contributed by atoms with Gasteiger partial charge >= 0.3 is 0 Å². The Morgan fingerprint density at radius 3 is 2.67 bits per heavy atom. The molecule has 3 aliphatic rings. The van der Waals surface area contributed by atoms with Gasteiger partial charge in [-0.25, -0.2) is 0 Å². The minimum absolute atomic E-state index is 0.0481. The van der Waals surface area contributed by atoms with Crippen LogP contribution in [0.4, 0.5) is 0 Å². The highest BCUT2D eigenvalue weighted by atomic mass is 16.5. The van der Waals surface area contributed by atoms with Crippen LogP contribution in [0.5, 0.6) is 0 Å². The number of aromatic nitrogens is 2. The topological polar surface area (TPSA) is 155 Å². The van der Waals surface area contributed by atoms with E-state index >= 15 is 0 Å². The molecule has 4 heterocycles. The molecule has 2 aromatic heterocycles. The molecule has 1 aliphatic carbocycles. The molecule has 1 aromatic carbocycles. The number of amides is 5. The van der Waals surface area contributed by atoms with Crippen molar-refractivity contribution in [3.63, 3.8) is 0 Å². The zero-order valence-electron chi connectivity index (χ0n) is 25.2. The van der Waals surface area contributed by atoms with Gasteiger partial charge in [0.15, 0.2) is 0 Å². The molecule has 45 heavy (non-hydrogen) atoms. The summed E-state index contributed by atoms with van der Waals surface area (Å²) in [6.45, 7) is 2.20. The lowest BCUT2D eigenvalue weighted by molar-refractivity contribution is -0.142. The van der Waals surface area contributed by atoms with Crippen molar-refractivity contribution in [1.82, 2.24) is 30.6 Å². The first-order valence-electron chi connectivity index (χ1n) is 15.4. The molecular formula is C33H36N6O6. The minimum Gasteiger partial charge on any atom is -0.364 e. The molecule has 2 unspecified atom stereocenters. The lowest BCUT2D eigenvalue weighted by Gasteiger charge is -2.33. The number of rotatable bonds is 10. The summed E-state index contributed by atoms with van der Waals surface area (Å²) in [5.74, 6) is -1.60. The molecule has 1 saturated carbocycles. The monoisotopic (exact) mass is 612 g/mol. The third-order valence-corrected chi connectivity index (χ3v) is 9.00. The molecule has 2 N–H and O–H groups in total. The molecule has 12 nitrogen and oxygen atoms in total. The quantitative estimate of drug-likeness (QED) is 0.331. The summed E-state index contributed by atoms with van der Waals surface area (Å²) < 4.78 is 4.94. The van der Waals surface area contributed by atoms with Crippen LogP contribution >= 0.6 is 0 Å². The Kier molecular flexibility index (Phi) is 8.72. The van der Waals surface area contributed by atoms with Gasteiger partial charge in [0.05, 0.1) is 6.20 Å². The van der Waals surface area contributed by atoms with E-state index in [1.54, 1.807) is 35.6 Å². The van der Waals surface area contributed by atoms with Crippen LogP contribution in [0.2, 0.25) is 0 Å². The van der Waals surface area contributed by atoms with E-state index in [0.717, 1.165) is 42.4 Å². The van der Waals surface area contributed by atoms with E-state index in [-0.39, 0.29) is 62.0 Å². The van der Waals surface area contributed by atoms with Gasteiger partial charge in [0, 0.05) is 55.5 Å². The number of hydrogen-bond acceptors (Lipinski definition) is 8. The lowest BCUT2D eigenvalue weighted by Crippen LogP contribution is -2.52. The van der Waals surface area contributed by atoms with Crippen LogP contribution in [0.25, 0.3) is 0 Å².